The van der Waals surface area contributed by atoms with E-state index in [2.05, 4.69) is 22.2 Å². The van der Waals surface area contributed by atoms with Crippen molar-refractivity contribution in [2.24, 2.45) is 0 Å². The fourth-order valence-electron chi connectivity index (χ4n) is 3.22. The third-order valence-electron chi connectivity index (χ3n) is 4.53. The highest BCUT2D eigenvalue weighted by Gasteiger charge is 2.20. The van der Waals surface area contributed by atoms with Crippen LogP contribution in [-0.2, 0) is 6.54 Å². The Labute approximate surface area is 127 Å². The Kier molecular flexibility index (Phi) is 5.39. The van der Waals surface area contributed by atoms with Crippen LogP contribution in [-0.4, -0.2) is 46.3 Å². The van der Waals surface area contributed by atoms with Gasteiger partial charge in [0.05, 0.1) is 11.3 Å². The van der Waals surface area contributed by atoms with E-state index in [-0.39, 0.29) is 5.91 Å². The number of likely N-dealkylation sites (tertiary alicyclic amines) is 1. The van der Waals surface area contributed by atoms with Gasteiger partial charge in [-0.25, -0.2) is 0 Å². The van der Waals surface area contributed by atoms with Crippen LogP contribution in [0.5, 0.6) is 0 Å². The van der Waals surface area contributed by atoms with Crippen molar-refractivity contribution in [2.45, 2.75) is 59.5 Å². The average Bonchev–Trinajstić information content (AvgIpc) is 2.75. The minimum absolute atomic E-state index is 0.00867. The summed E-state index contributed by atoms with van der Waals surface area (Å²) in [5.74, 6) is 0.00867. The molecule has 1 aliphatic rings. The number of carbonyl (C=O) groups is 1. The number of rotatable bonds is 5. The van der Waals surface area contributed by atoms with Crippen molar-refractivity contribution >= 4 is 5.91 Å². The number of nitrogens with one attached hydrogen (secondary N) is 1. The van der Waals surface area contributed by atoms with Crippen molar-refractivity contribution in [2.75, 3.05) is 19.6 Å². The number of carbonyl (C=O) groups excluding carboxylic acids is 1. The van der Waals surface area contributed by atoms with E-state index in [4.69, 9.17) is 0 Å². The van der Waals surface area contributed by atoms with Crippen LogP contribution in [0.2, 0.25) is 0 Å². The average molecular weight is 292 g/mol. The second-order valence-corrected chi connectivity index (χ2v) is 6.00. The van der Waals surface area contributed by atoms with Gasteiger partial charge in [-0.3, -0.25) is 14.4 Å². The molecule has 0 aromatic carbocycles. The van der Waals surface area contributed by atoms with Crippen LogP contribution in [0, 0.1) is 13.8 Å². The topological polar surface area (TPSA) is 50.2 Å². The summed E-state index contributed by atoms with van der Waals surface area (Å²) in [5, 5.41) is 7.46. The van der Waals surface area contributed by atoms with Gasteiger partial charge in [0.25, 0.3) is 5.91 Å². The van der Waals surface area contributed by atoms with Crippen LogP contribution < -0.4 is 5.32 Å². The number of hydrogen-bond donors (Lipinski definition) is 1. The highest BCUT2D eigenvalue weighted by Crippen LogP contribution is 2.16. The molecule has 1 aromatic rings. The minimum atomic E-state index is 0.00867. The number of amides is 1. The first-order valence-corrected chi connectivity index (χ1v) is 8.10. The maximum atomic E-state index is 12.4. The maximum Gasteiger partial charge on any atom is 0.255 e. The molecule has 2 rings (SSSR count). The van der Waals surface area contributed by atoms with Crippen LogP contribution >= 0.6 is 0 Å². The van der Waals surface area contributed by atoms with Crippen molar-refractivity contribution in [1.82, 2.24) is 20.0 Å². The zero-order chi connectivity index (χ0) is 15.4. The van der Waals surface area contributed by atoms with Crippen molar-refractivity contribution < 1.29 is 4.79 Å². The summed E-state index contributed by atoms with van der Waals surface area (Å²) in [6.07, 6.45) is 3.88. The quantitative estimate of drug-likeness (QED) is 0.904. The van der Waals surface area contributed by atoms with Crippen molar-refractivity contribution in [3.05, 3.63) is 17.0 Å². The predicted molar refractivity (Wildman–Crippen MR) is 84.6 cm³/mol. The lowest BCUT2D eigenvalue weighted by Crippen LogP contribution is -2.42. The van der Waals surface area contributed by atoms with Gasteiger partial charge in [0, 0.05) is 31.4 Å². The Morgan fingerprint density at radius 2 is 2.14 bits per heavy atom. The summed E-state index contributed by atoms with van der Waals surface area (Å²) >= 11 is 0. The zero-order valence-corrected chi connectivity index (χ0v) is 13.8. The molecule has 1 saturated heterocycles. The first kappa shape index (κ1) is 16.0. The first-order chi connectivity index (χ1) is 10.0. The van der Waals surface area contributed by atoms with E-state index >= 15 is 0 Å². The number of hydrogen-bond acceptors (Lipinski definition) is 3. The van der Waals surface area contributed by atoms with Gasteiger partial charge in [0.15, 0.2) is 0 Å². The molecule has 2 heterocycles. The summed E-state index contributed by atoms with van der Waals surface area (Å²) < 4.78 is 1.89. The van der Waals surface area contributed by atoms with Gasteiger partial charge < -0.3 is 5.32 Å². The van der Waals surface area contributed by atoms with E-state index in [1.807, 2.05) is 25.5 Å². The van der Waals surface area contributed by atoms with Crippen LogP contribution in [0.4, 0.5) is 0 Å². The Bertz CT molecular complexity index is 495. The third kappa shape index (κ3) is 3.64. The lowest BCUT2D eigenvalue weighted by molar-refractivity contribution is 0.0937. The minimum Gasteiger partial charge on any atom is -0.351 e. The van der Waals surface area contributed by atoms with E-state index in [9.17, 15) is 4.79 Å². The van der Waals surface area contributed by atoms with Gasteiger partial charge in [-0.05, 0) is 47.1 Å². The molecule has 1 unspecified atom stereocenters. The molecular formula is C16H28N4O. The molecule has 0 aliphatic carbocycles. The van der Waals surface area contributed by atoms with Gasteiger partial charge >= 0.3 is 0 Å². The molecule has 21 heavy (non-hydrogen) atoms. The predicted octanol–water partition coefficient (Wildman–Crippen LogP) is 2.12. The standard InChI is InChI=1S/C16H28N4O/c1-5-20-14(4)15(13(3)18-20)16(21)17-9-11-19-10-7-6-8-12(19)2/h12H,5-11H2,1-4H3,(H,17,21). The molecule has 0 radical (unpaired) electrons. The van der Waals surface area contributed by atoms with Crippen LogP contribution in [0.25, 0.3) is 0 Å². The fourth-order valence-corrected chi connectivity index (χ4v) is 3.22. The lowest BCUT2D eigenvalue weighted by Gasteiger charge is -2.33. The smallest absolute Gasteiger partial charge is 0.255 e. The third-order valence-corrected chi connectivity index (χ3v) is 4.53. The fraction of sp³-hybridized carbons (Fsp3) is 0.750. The molecule has 1 aliphatic heterocycles. The summed E-state index contributed by atoms with van der Waals surface area (Å²) in [6.45, 7) is 11.8. The Hall–Kier alpha value is -1.36. The van der Waals surface area contributed by atoms with E-state index in [1.54, 1.807) is 0 Å². The molecule has 0 spiro atoms. The zero-order valence-electron chi connectivity index (χ0n) is 13.8. The second kappa shape index (κ2) is 7.07. The highest BCUT2D eigenvalue weighted by molar-refractivity contribution is 5.96. The van der Waals surface area contributed by atoms with Crippen LogP contribution in [0.1, 0.15) is 54.9 Å². The van der Waals surface area contributed by atoms with E-state index in [0.717, 1.165) is 36.6 Å². The SMILES string of the molecule is CCn1nc(C)c(C(=O)NCCN2CCCCC2C)c1C. The summed E-state index contributed by atoms with van der Waals surface area (Å²) in [5.41, 5.74) is 2.51. The second-order valence-electron chi connectivity index (χ2n) is 6.00. The molecule has 0 bridgehead atoms. The molecule has 1 atom stereocenters. The molecule has 5 heteroatoms. The van der Waals surface area contributed by atoms with Gasteiger partial charge in [0.1, 0.15) is 0 Å². The van der Waals surface area contributed by atoms with Crippen molar-refractivity contribution in [3.8, 4) is 0 Å². The number of piperidine rings is 1. The largest absolute Gasteiger partial charge is 0.351 e. The van der Waals surface area contributed by atoms with E-state index < -0.39 is 0 Å². The summed E-state index contributed by atoms with van der Waals surface area (Å²) in [7, 11) is 0. The number of nitrogens with zero attached hydrogens (tertiary/aromatic N) is 3. The van der Waals surface area contributed by atoms with E-state index in [0.29, 0.717) is 12.6 Å². The van der Waals surface area contributed by atoms with Gasteiger partial charge in [0.2, 0.25) is 0 Å². The van der Waals surface area contributed by atoms with Crippen LogP contribution in [0.3, 0.4) is 0 Å². The maximum absolute atomic E-state index is 12.4. The summed E-state index contributed by atoms with van der Waals surface area (Å²) in [6, 6.07) is 0.641. The normalized spacial score (nSPS) is 19.7. The molecule has 0 saturated carbocycles. The monoisotopic (exact) mass is 292 g/mol. The molecule has 1 N–H and O–H groups in total. The molecule has 1 amide bonds. The van der Waals surface area contributed by atoms with Gasteiger partial charge in [-0.2, -0.15) is 5.10 Å². The Morgan fingerprint density at radius 3 is 2.76 bits per heavy atom. The Morgan fingerprint density at radius 1 is 1.38 bits per heavy atom. The molecule has 118 valence electrons. The molecule has 1 fully saturated rings. The van der Waals surface area contributed by atoms with Crippen molar-refractivity contribution in [3.63, 3.8) is 0 Å². The van der Waals surface area contributed by atoms with Crippen molar-refractivity contribution in [1.29, 1.82) is 0 Å². The van der Waals surface area contributed by atoms with Gasteiger partial charge in [-0.15, -0.1) is 0 Å². The molecular weight excluding hydrogens is 264 g/mol. The lowest BCUT2D eigenvalue weighted by atomic mass is 10.0. The number of aryl methyl sites for hydroxylation is 2. The molecule has 5 nitrogen and oxygen atoms in total. The van der Waals surface area contributed by atoms with Crippen LogP contribution in [0.15, 0.2) is 0 Å². The highest BCUT2D eigenvalue weighted by atomic mass is 16.1. The van der Waals surface area contributed by atoms with Gasteiger partial charge in [-0.1, -0.05) is 6.42 Å². The molecule has 1 aromatic heterocycles. The number of aromatic nitrogens is 2. The summed E-state index contributed by atoms with van der Waals surface area (Å²) in [4.78, 5) is 14.8. The Balaban J connectivity index is 1.89. The van der Waals surface area contributed by atoms with E-state index in [1.165, 1.54) is 19.3 Å². The first-order valence-electron chi connectivity index (χ1n) is 8.10.